The maximum absolute atomic E-state index is 11.4. The maximum Gasteiger partial charge on any atom is 0.407 e. The van der Waals surface area contributed by atoms with E-state index in [1.54, 1.807) is 0 Å². The Labute approximate surface area is 117 Å². The Balaban J connectivity index is 3.54. The Morgan fingerprint density at radius 1 is 1.21 bits per heavy atom. The van der Waals surface area contributed by atoms with Crippen LogP contribution in [0.4, 0.5) is 4.79 Å². The van der Waals surface area contributed by atoms with Crippen molar-refractivity contribution in [3.63, 3.8) is 0 Å². The minimum absolute atomic E-state index is 0.190. The normalized spacial score (nSPS) is 13.4. The highest BCUT2D eigenvalue weighted by molar-refractivity contribution is 5.67. The van der Waals surface area contributed by atoms with Crippen molar-refractivity contribution < 1.29 is 14.3 Å². The predicted octanol–water partition coefficient (Wildman–Crippen LogP) is 2.16. The molecule has 0 bridgehead atoms. The lowest BCUT2D eigenvalue weighted by molar-refractivity contribution is 0.0522. The zero-order valence-corrected chi connectivity index (χ0v) is 13.2. The van der Waals surface area contributed by atoms with Gasteiger partial charge in [-0.25, -0.2) is 4.79 Å². The van der Waals surface area contributed by atoms with Crippen LogP contribution in [0.25, 0.3) is 0 Å². The van der Waals surface area contributed by atoms with Gasteiger partial charge in [0.15, 0.2) is 0 Å². The molecule has 1 atom stereocenters. The first-order valence-corrected chi connectivity index (χ1v) is 6.98. The van der Waals surface area contributed by atoms with E-state index in [2.05, 4.69) is 24.5 Å². The van der Waals surface area contributed by atoms with Crippen LogP contribution in [0.3, 0.4) is 0 Å². The number of ether oxygens (including phenoxy) is 2. The summed E-state index contributed by atoms with van der Waals surface area (Å²) in [5.74, 6) is 0.561. The van der Waals surface area contributed by atoms with E-state index in [9.17, 15) is 4.79 Å². The summed E-state index contributed by atoms with van der Waals surface area (Å²) >= 11 is 0. The van der Waals surface area contributed by atoms with Gasteiger partial charge < -0.3 is 20.1 Å². The topological polar surface area (TPSA) is 59.6 Å². The summed E-state index contributed by atoms with van der Waals surface area (Å²) in [6.07, 6.45) is -0.378. The van der Waals surface area contributed by atoms with Gasteiger partial charge in [-0.1, -0.05) is 13.8 Å². The van der Waals surface area contributed by atoms with Crippen LogP contribution in [0.1, 0.15) is 41.5 Å². The monoisotopic (exact) mass is 274 g/mol. The van der Waals surface area contributed by atoms with Gasteiger partial charge in [0.05, 0.1) is 6.61 Å². The van der Waals surface area contributed by atoms with E-state index in [-0.39, 0.29) is 12.1 Å². The van der Waals surface area contributed by atoms with Crippen molar-refractivity contribution in [2.45, 2.75) is 53.2 Å². The van der Waals surface area contributed by atoms with Gasteiger partial charge in [-0.15, -0.1) is 0 Å². The molecule has 0 spiro atoms. The van der Waals surface area contributed by atoms with Crippen LogP contribution in [0.5, 0.6) is 0 Å². The summed E-state index contributed by atoms with van der Waals surface area (Å²) in [6.45, 7) is 14.6. The van der Waals surface area contributed by atoms with Gasteiger partial charge in [0.25, 0.3) is 0 Å². The molecule has 0 rings (SSSR count). The van der Waals surface area contributed by atoms with Gasteiger partial charge in [0.2, 0.25) is 0 Å². The Morgan fingerprint density at radius 3 is 2.37 bits per heavy atom. The molecule has 0 aliphatic carbocycles. The van der Waals surface area contributed by atoms with E-state index in [4.69, 9.17) is 9.47 Å². The molecule has 1 amide bonds. The van der Waals surface area contributed by atoms with Crippen molar-refractivity contribution in [2.24, 2.45) is 5.92 Å². The molecule has 19 heavy (non-hydrogen) atoms. The molecule has 0 aliphatic rings. The zero-order chi connectivity index (χ0) is 14.9. The lowest BCUT2D eigenvalue weighted by Gasteiger charge is -2.21. The first kappa shape index (κ1) is 18.2. The lowest BCUT2D eigenvalue weighted by Crippen LogP contribution is -2.42. The molecule has 1 unspecified atom stereocenters. The van der Waals surface area contributed by atoms with E-state index >= 15 is 0 Å². The quantitative estimate of drug-likeness (QED) is 0.666. The molecule has 0 aromatic rings. The first-order valence-electron chi connectivity index (χ1n) is 6.98. The Morgan fingerprint density at radius 2 is 1.84 bits per heavy atom. The van der Waals surface area contributed by atoms with E-state index in [1.807, 2.05) is 27.7 Å². The number of nitrogens with one attached hydrogen (secondary N) is 2. The first-order chi connectivity index (χ1) is 8.70. The molecule has 0 radical (unpaired) electrons. The van der Waals surface area contributed by atoms with Crippen molar-refractivity contribution in [3.05, 3.63) is 0 Å². The molecule has 0 aromatic carbocycles. The summed E-state index contributed by atoms with van der Waals surface area (Å²) in [6, 6.07) is 0.190. The summed E-state index contributed by atoms with van der Waals surface area (Å²) < 4.78 is 10.6. The summed E-state index contributed by atoms with van der Waals surface area (Å²) in [5.41, 5.74) is -0.453. The van der Waals surface area contributed by atoms with Crippen molar-refractivity contribution in [3.8, 4) is 0 Å². The lowest BCUT2D eigenvalue weighted by atomic mass is 10.2. The Kier molecular flexibility index (Phi) is 8.76. The van der Waals surface area contributed by atoms with Gasteiger partial charge in [-0.05, 0) is 33.6 Å². The second kappa shape index (κ2) is 9.15. The second-order valence-corrected chi connectivity index (χ2v) is 6.21. The molecule has 0 heterocycles. The number of hydrogen-bond acceptors (Lipinski definition) is 4. The van der Waals surface area contributed by atoms with Crippen molar-refractivity contribution in [1.29, 1.82) is 0 Å². The molecule has 2 N–H and O–H groups in total. The molecular formula is C14H30N2O3. The van der Waals surface area contributed by atoms with Crippen LogP contribution < -0.4 is 10.6 Å². The van der Waals surface area contributed by atoms with E-state index < -0.39 is 5.60 Å². The average molecular weight is 274 g/mol. The third kappa shape index (κ3) is 13.4. The van der Waals surface area contributed by atoms with Gasteiger partial charge in [-0.3, -0.25) is 0 Å². The number of rotatable bonds is 8. The number of alkyl carbamates (subject to hydrolysis) is 1. The highest BCUT2D eigenvalue weighted by atomic mass is 16.6. The molecule has 0 saturated heterocycles. The molecular weight excluding hydrogens is 244 g/mol. The van der Waals surface area contributed by atoms with Crippen LogP contribution in [-0.4, -0.2) is 44.0 Å². The number of hydrogen-bond donors (Lipinski definition) is 2. The van der Waals surface area contributed by atoms with Gasteiger partial charge in [-0.2, -0.15) is 0 Å². The fraction of sp³-hybridized carbons (Fsp3) is 0.929. The average Bonchev–Trinajstić information content (AvgIpc) is 2.23. The van der Waals surface area contributed by atoms with Crippen molar-refractivity contribution in [2.75, 3.05) is 26.3 Å². The van der Waals surface area contributed by atoms with Crippen LogP contribution in [-0.2, 0) is 9.47 Å². The summed E-state index contributed by atoms with van der Waals surface area (Å²) in [7, 11) is 0. The number of amides is 1. The van der Waals surface area contributed by atoms with Crippen LogP contribution in [0.15, 0.2) is 0 Å². The molecule has 5 heteroatoms. The molecule has 0 saturated carbocycles. The minimum atomic E-state index is -0.453. The third-order valence-corrected chi connectivity index (χ3v) is 2.14. The second-order valence-electron chi connectivity index (χ2n) is 6.21. The molecule has 0 aromatic heterocycles. The van der Waals surface area contributed by atoms with Crippen LogP contribution in [0.2, 0.25) is 0 Å². The Bertz CT molecular complexity index is 250. The smallest absolute Gasteiger partial charge is 0.407 e. The number of carbonyl (C=O) groups excluding carboxylic acids is 1. The fourth-order valence-corrected chi connectivity index (χ4v) is 1.32. The van der Waals surface area contributed by atoms with Crippen LogP contribution in [0, 0.1) is 5.92 Å². The Hall–Kier alpha value is -0.810. The molecule has 5 nitrogen and oxygen atoms in total. The van der Waals surface area contributed by atoms with Gasteiger partial charge in [0, 0.05) is 25.7 Å². The largest absolute Gasteiger partial charge is 0.444 e. The molecule has 0 fully saturated rings. The molecule has 0 aliphatic heterocycles. The zero-order valence-electron chi connectivity index (χ0n) is 13.2. The summed E-state index contributed by atoms with van der Waals surface area (Å²) in [5, 5.41) is 6.01. The highest BCUT2D eigenvalue weighted by Crippen LogP contribution is 2.06. The van der Waals surface area contributed by atoms with Crippen molar-refractivity contribution in [1.82, 2.24) is 10.6 Å². The van der Waals surface area contributed by atoms with Crippen LogP contribution >= 0.6 is 0 Å². The van der Waals surface area contributed by atoms with Gasteiger partial charge >= 0.3 is 6.09 Å². The minimum Gasteiger partial charge on any atom is -0.444 e. The number of carbonyl (C=O) groups is 1. The van der Waals surface area contributed by atoms with E-state index in [0.717, 1.165) is 13.2 Å². The standard InChI is InChI=1S/C14H30N2O3/c1-11(2)10-18-8-7-15-12(3)9-16-13(17)19-14(4,5)6/h11-12,15H,7-10H2,1-6H3,(H,16,17). The van der Waals surface area contributed by atoms with E-state index in [1.165, 1.54) is 0 Å². The SMILES string of the molecule is CC(C)COCCNC(C)CNC(=O)OC(C)(C)C. The highest BCUT2D eigenvalue weighted by Gasteiger charge is 2.16. The molecule has 114 valence electrons. The predicted molar refractivity (Wildman–Crippen MR) is 77.4 cm³/mol. The maximum atomic E-state index is 11.4. The third-order valence-electron chi connectivity index (χ3n) is 2.14. The van der Waals surface area contributed by atoms with Crippen molar-refractivity contribution >= 4 is 6.09 Å². The van der Waals surface area contributed by atoms with Gasteiger partial charge in [0.1, 0.15) is 5.60 Å². The van der Waals surface area contributed by atoms with E-state index in [0.29, 0.717) is 19.1 Å². The summed E-state index contributed by atoms with van der Waals surface area (Å²) in [4.78, 5) is 11.4. The fourth-order valence-electron chi connectivity index (χ4n) is 1.32.